The van der Waals surface area contributed by atoms with Crippen molar-refractivity contribution in [2.24, 2.45) is 11.0 Å². The van der Waals surface area contributed by atoms with Gasteiger partial charge in [-0.25, -0.2) is 9.82 Å². The minimum Gasteiger partial charge on any atom is -0.340 e. The Labute approximate surface area is 174 Å². The van der Waals surface area contributed by atoms with Crippen LogP contribution in [0.1, 0.15) is 29.8 Å². The van der Waals surface area contributed by atoms with Gasteiger partial charge in [0.2, 0.25) is 0 Å². The molecule has 2 rings (SSSR count). The molecule has 2 amide bonds. The lowest BCUT2D eigenvalue weighted by atomic mass is 10.0. The van der Waals surface area contributed by atoms with E-state index in [1.54, 1.807) is 19.9 Å². The van der Waals surface area contributed by atoms with Crippen molar-refractivity contribution in [3.8, 4) is 0 Å². The second-order valence-electron chi connectivity index (χ2n) is 6.40. The number of rotatable bonds is 7. The van der Waals surface area contributed by atoms with E-state index in [4.69, 9.17) is 0 Å². The van der Waals surface area contributed by atoms with Gasteiger partial charge in [0.05, 0.1) is 15.6 Å². The molecule has 2 aromatic rings. The third-order valence-corrected chi connectivity index (χ3v) is 4.57. The first-order valence-corrected chi connectivity index (χ1v) is 9.31. The highest BCUT2D eigenvalue weighted by atomic mass is 79.9. The van der Waals surface area contributed by atoms with E-state index >= 15 is 0 Å². The molecule has 0 spiro atoms. The number of amides is 2. The maximum Gasteiger partial charge on any atom is 0.284 e. The van der Waals surface area contributed by atoms with Crippen LogP contribution in [0.15, 0.2) is 52.0 Å². The second kappa shape index (κ2) is 9.87. The molecule has 0 saturated heterocycles. The Morgan fingerprint density at radius 1 is 1.21 bits per heavy atom. The fraction of sp³-hybridized carbons (Fsp3) is 0.211. The Kier molecular flexibility index (Phi) is 7.54. The number of halogens is 2. The van der Waals surface area contributed by atoms with Crippen molar-refractivity contribution in [3.63, 3.8) is 0 Å². The van der Waals surface area contributed by atoms with Crippen molar-refractivity contribution in [2.45, 2.75) is 19.9 Å². The molecule has 0 saturated carbocycles. The molecule has 1 unspecified atom stereocenters. The van der Waals surface area contributed by atoms with Gasteiger partial charge in [-0.2, -0.15) is 5.10 Å². The number of nitrogens with zero attached hydrogens (tertiary/aromatic N) is 2. The lowest BCUT2D eigenvalue weighted by Gasteiger charge is -2.20. The molecular weight excluding hydrogens is 447 g/mol. The monoisotopic (exact) mass is 464 g/mol. The second-order valence-corrected chi connectivity index (χ2v) is 7.26. The summed E-state index contributed by atoms with van der Waals surface area (Å²) >= 11 is 3.09. The minimum absolute atomic E-state index is 0.133. The molecule has 2 N–H and O–H groups in total. The highest BCUT2D eigenvalue weighted by Gasteiger charge is 2.24. The molecule has 0 radical (unpaired) electrons. The summed E-state index contributed by atoms with van der Waals surface area (Å²) < 4.78 is 13.3. The molecule has 0 aliphatic heterocycles. The number of hydrogen-bond acceptors (Lipinski definition) is 5. The zero-order valence-electron chi connectivity index (χ0n) is 15.6. The van der Waals surface area contributed by atoms with Gasteiger partial charge in [-0.05, 0) is 52.2 Å². The minimum atomic E-state index is -0.885. The van der Waals surface area contributed by atoms with Crippen LogP contribution >= 0.6 is 15.9 Å². The molecule has 0 aliphatic carbocycles. The van der Waals surface area contributed by atoms with Gasteiger partial charge in [0.25, 0.3) is 17.5 Å². The van der Waals surface area contributed by atoms with E-state index in [-0.39, 0.29) is 17.2 Å². The maximum absolute atomic E-state index is 13.0. The third-order valence-electron chi connectivity index (χ3n) is 3.90. The summed E-state index contributed by atoms with van der Waals surface area (Å²) in [7, 11) is 0. The van der Waals surface area contributed by atoms with E-state index < -0.39 is 28.6 Å². The average molecular weight is 465 g/mol. The number of hydrogen-bond donors (Lipinski definition) is 2. The highest BCUT2D eigenvalue weighted by molar-refractivity contribution is 9.10. The van der Waals surface area contributed by atoms with Crippen LogP contribution in [0.4, 0.5) is 10.1 Å². The van der Waals surface area contributed by atoms with Gasteiger partial charge in [0.15, 0.2) is 0 Å². The summed E-state index contributed by atoms with van der Waals surface area (Å²) in [5, 5.41) is 17.4. The first-order chi connectivity index (χ1) is 13.7. The lowest BCUT2D eigenvalue weighted by molar-refractivity contribution is -0.385. The molecule has 152 valence electrons. The van der Waals surface area contributed by atoms with Crippen LogP contribution in [0.5, 0.6) is 0 Å². The Morgan fingerprint density at radius 3 is 2.45 bits per heavy atom. The van der Waals surface area contributed by atoms with E-state index in [0.717, 1.165) is 12.1 Å². The Hall–Kier alpha value is -3.14. The number of hydrazone groups is 1. The molecule has 10 heteroatoms. The first-order valence-electron chi connectivity index (χ1n) is 8.52. The zero-order valence-corrected chi connectivity index (χ0v) is 17.1. The number of nitro benzene ring substituents is 1. The predicted octanol–water partition coefficient (Wildman–Crippen LogP) is 3.40. The molecule has 1 atom stereocenters. The molecule has 0 heterocycles. The fourth-order valence-corrected chi connectivity index (χ4v) is 2.74. The van der Waals surface area contributed by atoms with Crippen molar-refractivity contribution >= 4 is 39.6 Å². The smallest absolute Gasteiger partial charge is 0.284 e. The summed E-state index contributed by atoms with van der Waals surface area (Å²) in [4.78, 5) is 35.1. The molecule has 0 bridgehead atoms. The molecular formula is C19H18BrFN4O4. The lowest BCUT2D eigenvalue weighted by Crippen LogP contribution is -2.48. The molecule has 2 aromatic carbocycles. The molecule has 0 fully saturated rings. The fourth-order valence-electron chi connectivity index (χ4n) is 2.35. The zero-order chi connectivity index (χ0) is 21.6. The van der Waals surface area contributed by atoms with Crippen LogP contribution in [0.2, 0.25) is 0 Å². The van der Waals surface area contributed by atoms with E-state index in [1.807, 2.05) is 0 Å². The van der Waals surface area contributed by atoms with Gasteiger partial charge in [0, 0.05) is 17.2 Å². The molecule has 0 aliphatic rings. The van der Waals surface area contributed by atoms with Crippen LogP contribution in [-0.4, -0.2) is 29.0 Å². The number of nitrogens with one attached hydrogen (secondary N) is 2. The maximum atomic E-state index is 13.0. The SMILES string of the molecule is CC(C)C(NC(=O)c1ccc(F)cc1)C(=O)NN=Cc1ccc(Br)c([N+](=O)[O-])c1. The highest BCUT2D eigenvalue weighted by Crippen LogP contribution is 2.24. The third kappa shape index (κ3) is 6.18. The molecule has 29 heavy (non-hydrogen) atoms. The van der Waals surface area contributed by atoms with Crippen molar-refractivity contribution < 1.29 is 18.9 Å². The quantitative estimate of drug-likeness (QED) is 0.371. The van der Waals surface area contributed by atoms with Crippen LogP contribution in [0.3, 0.4) is 0 Å². The van der Waals surface area contributed by atoms with Crippen molar-refractivity contribution in [1.82, 2.24) is 10.7 Å². The van der Waals surface area contributed by atoms with Gasteiger partial charge in [-0.15, -0.1) is 0 Å². The number of benzene rings is 2. The van der Waals surface area contributed by atoms with Crippen molar-refractivity contribution in [2.75, 3.05) is 0 Å². The number of nitro groups is 1. The van der Waals surface area contributed by atoms with Gasteiger partial charge in [-0.3, -0.25) is 19.7 Å². The van der Waals surface area contributed by atoms with Gasteiger partial charge in [0.1, 0.15) is 11.9 Å². The number of carbonyl (C=O) groups excluding carboxylic acids is 2. The standard InChI is InChI=1S/C19H18BrFN4O4/c1-11(2)17(23-18(26)13-4-6-14(21)7-5-13)19(27)24-22-10-12-3-8-15(20)16(9-12)25(28)29/h3-11,17H,1-2H3,(H,23,26)(H,24,27). The summed E-state index contributed by atoms with van der Waals surface area (Å²) in [5.74, 6) is -1.80. The van der Waals surface area contributed by atoms with Crippen LogP contribution in [0, 0.1) is 21.8 Å². The van der Waals surface area contributed by atoms with Crippen LogP contribution < -0.4 is 10.7 Å². The predicted molar refractivity (Wildman–Crippen MR) is 109 cm³/mol. The van der Waals surface area contributed by atoms with Gasteiger partial charge >= 0.3 is 0 Å². The van der Waals surface area contributed by atoms with E-state index in [1.165, 1.54) is 30.5 Å². The molecule has 8 nitrogen and oxygen atoms in total. The molecule has 0 aromatic heterocycles. The van der Waals surface area contributed by atoms with E-state index in [0.29, 0.717) is 10.0 Å². The summed E-state index contributed by atoms with van der Waals surface area (Å²) in [6, 6.07) is 8.45. The van der Waals surface area contributed by atoms with Crippen molar-refractivity contribution in [1.29, 1.82) is 0 Å². The Morgan fingerprint density at radius 2 is 1.86 bits per heavy atom. The Bertz CT molecular complexity index is 948. The summed E-state index contributed by atoms with van der Waals surface area (Å²) in [6.45, 7) is 3.49. The summed E-state index contributed by atoms with van der Waals surface area (Å²) in [5.41, 5.74) is 2.82. The van der Waals surface area contributed by atoms with Crippen LogP contribution in [-0.2, 0) is 4.79 Å². The Balaban J connectivity index is 2.05. The average Bonchev–Trinajstić information content (AvgIpc) is 2.67. The van der Waals surface area contributed by atoms with Crippen LogP contribution in [0.25, 0.3) is 0 Å². The largest absolute Gasteiger partial charge is 0.340 e. The summed E-state index contributed by atoms with van der Waals surface area (Å²) in [6.07, 6.45) is 1.26. The first kappa shape index (κ1) is 22.2. The van der Waals surface area contributed by atoms with Crippen molar-refractivity contribution in [3.05, 3.63) is 74.0 Å². The number of carbonyl (C=O) groups is 2. The normalized spacial score (nSPS) is 12.0. The topological polar surface area (TPSA) is 114 Å². The van der Waals surface area contributed by atoms with Gasteiger partial charge in [-0.1, -0.05) is 19.9 Å². The van der Waals surface area contributed by atoms with E-state index in [9.17, 15) is 24.1 Å². The van der Waals surface area contributed by atoms with E-state index in [2.05, 4.69) is 31.8 Å². The van der Waals surface area contributed by atoms with Gasteiger partial charge < -0.3 is 5.32 Å².